The minimum atomic E-state index is -4.13. The Morgan fingerprint density at radius 3 is 2.81 bits per heavy atom. The van der Waals surface area contributed by atoms with Crippen molar-refractivity contribution < 1.29 is 27.0 Å². The molecule has 3 aromatic rings. The summed E-state index contributed by atoms with van der Waals surface area (Å²) in [6, 6.07) is 3.38. The highest BCUT2D eigenvalue weighted by atomic mass is 32.2. The number of hydrogen-bond acceptors (Lipinski definition) is 10. The minimum Gasteiger partial charge on any atom is -0.394 e. The van der Waals surface area contributed by atoms with E-state index in [-0.39, 0.29) is 22.6 Å². The molecule has 0 amide bonds. The summed E-state index contributed by atoms with van der Waals surface area (Å²) in [6.07, 6.45) is 1.00. The fraction of sp³-hybridized carbons (Fsp3) is 0.524. The van der Waals surface area contributed by atoms with Crippen LogP contribution < -0.4 is 9.62 Å². The average Bonchev–Trinajstić information content (AvgIpc) is 3.26. The van der Waals surface area contributed by atoms with E-state index in [2.05, 4.69) is 19.9 Å². The van der Waals surface area contributed by atoms with Crippen molar-refractivity contribution in [3.63, 3.8) is 0 Å². The number of alkyl halides is 2. The zero-order valence-corrected chi connectivity index (χ0v) is 20.8. The molecule has 2 atom stereocenters. The second kappa shape index (κ2) is 9.27. The van der Waals surface area contributed by atoms with Gasteiger partial charge in [-0.25, -0.2) is 22.2 Å². The van der Waals surface area contributed by atoms with Crippen molar-refractivity contribution in [2.45, 2.75) is 55.2 Å². The number of morpholine rings is 1. The van der Waals surface area contributed by atoms with E-state index in [9.17, 15) is 27.6 Å². The second-order valence-corrected chi connectivity index (χ2v) is 11.5. The Bertz CT molecular complexity index is 1430. The maximum Gasteiger partial charge on any atom is 0.291 e. The average molecular weight is 540 g/mol. The number of ether oxygens (including phenoxy) is 1. The fourth-order valence-corrected chi connectivity index (χ4v) is 6.27. The number of anilines is 1. The first-order chi connectivity index (χ1) is 17.2. The van der Waals surface area contributed by atoms with Crippen LogP contribution in [0, 0.1) is 11.3 Å². The molecule has 3 aromatic heterocycles. The molecule has 2 aliphatic rings. The van der Waals surface area contributed by atoms with Crippen LogP contribution in [0.3, 0.4) is 0 Å². The molecule has 0 unspecified atom stereocenters. The van der Waals surface area contributed by atoms with Gasteiger partial charge >= 0.3 is 0 Å². The van der Waals surface area contributed by atoms with E-state index in [1.54, 1.807) is 0 Å². The summed E-state index contributed by atoms with van der Waals surface area (Å²) >= 11 is 0.693. The summed E-state index contributed by atoms with van der Waals surface area (Å²) < 4.78 is 62.7. The van der Waals surface area contributed by atoms with Crippen molar-refractivity contribution in [2.75, 3.05) is 24.7 Å². The molecule has 11 nitrogen and oxygen atoms in total. The van der Waals surface area contributed by atoms with Crippen LogP contribution in [0.15, 0.2) is 23.4 Å². The fourth-order valence-electron chi connectivity index (χ4n) is 4.17. The van der Waals surface area contributed by atoms with Gasteiger partial charge in [-0.2, -0.15) is 9.98 Å². The zero-order valence-electron chi connectivity index (χ0n) is 19.1. The summed E-state index contributed by atoms with van der Waals surface area (Å²) in [7, 11) is -4.13. The van der Waals surface area contributed by atoms with E-state index in [4.69, 9.17) is 4.74 Å². The van der Waals surface area contributed by atoms with Crippen LogP contribution in [0.4, 0.5) is 14.5 Å². The molecular weight excluding hydrogens is 516 g/mol. The van der Waals surface area contributed by atoms with E-state index >= 15 is 0 Å². The number of nitrogens with zero attached hydrogens (tertiary/aromatic N) is 6. The third-order valence-electron chi connectivity index (χ3n) is 6.36. The molecule has 0 spiro atoms. The molecule has 1 saturated heterocycles. The first kappa shape index (κ1) is 24.9. The van der Waals surface area contributed by atoms with Crippen LogP contribution in [-0.2, 0) is 14.8 Å². The maximum atomic E-state index is 13.4. The van der Waals surface area contributed by atoms with Gasteiger partial charge in [0.2, 0.25) is 10.0 Å². The SMILES string of the molecule is CC[C@@H]1CO[C@H](CO)CN1c1cc(S(=O)(=O)NC2(C#N)CC2)cn2c(-c3nnc(C(F)F)s3)cnc12. The van der Waals surface area contributed by atoms with E-state index in [1.165, 1.54) is 22.9 Å². The van der Waals surface area contributed by atoms with Crippen molar-refractivity contribution in [1.29, 1.82) is 5.26 Å². The largest absolute Gasteiger partial charge is 0.394 e. The number of nitriles is 1. The van der Waals surface area contributed by atoms with Crippen LogP contribution >= 0.6 is 11.3 Å². The number of nitrogens with one attached hydrogen (secondary N) is 1. The second-order valence-electron chi connectivity index (χ2n) is 8.80. The van der Waals surface area contributed by atoms with E-state index in [0.717, 1.165) is 0 Å². The number of halogens is 2. The van der Waals surface area contributed by atoms with Crippen LogP contribution in [0.2, 0.25) is 0 Å². The zero-order chi connectivity index (χ0) is 25.7. The van der Waals surface area contributed by atoms with Crippen LogP contribution in [0.1, 0.15) is 37.6 Å². The van der Waals surface area contributed by atoms with Gasteiger partial charge < -0.3 is 14.7 Å². The highest BCUT2D eigenvalue weighted by molar-refractivity contribution is 7.89. The summed E-state index contributed by atoms with van der Waals surface area (Å²) in [5, 5.41) is 26.2. The molecule has 0 bridgehead atoms. The smallest absolute Gasteiger partial charge is 0.291 e. The van der Waals surface area contributed by atoms with Gasteiger partial charge in [0.05, 0.1) is 43.3 Å². The Morgan fingerprint density at radius 1 is 1.42 bits per heavy atom. The molecule has 5 rings (SSSR count). The van der Waals surface area contributed by atoms with Crippen molar-refractivity contribution in [1.82, 2.24) is 24.3 Å². The minimum absolute atomic E-state index is 0.119. The molecule has 2 N–H and O–H groups in total. The molecule has 15 heteroatoms. The van der Waals surface area contributed by atoms with Crippen molar-refractivity contribution in [3.8, 4) is 16.8 Å². The number of pyridine rings is 1. The number of sulfonamides is 1. The van der Waals surface area contributed by atoms with Crippen molar-refractivity contribution in [2.24, 2.45) is 0 Å². The molecule has 0 aromatic carbocycles. The number of imidazole rings is 1. The first-order valence-corrected chi connectivity index (χ1v) is 13.6. The highest BCUT2D eigenvalue weighted by Gasteiger charge is 2.47. The molecule has 4 heterocycles. The van der Waals surface area contributed by atoms with Gasteiger partial charge in [-0.3, -0.25) is 4.40 Å². The lowest BCUT2D eigenvalue weighted by molar-refractivity contribution is -0.0134. The molecule has 192 valence electrons. The monoisotopic (exact) mass is 539 g/mol. The quantitative estimate of drug-likeness (QED) is 0.439. The Kier molecular flexibility index (Phi) is 6.41. The third-order valence-corrected chi connectivity index (χ3v) is 8.82. The summed E-state index contributed by atoms with van der Waals surface area (Å²) in [4.78, 5) is 6.29. The van der Waals surface area contributed by atoms with Gasteiger partial charge in [0.15, 0.2) is 15.7 Å². The normalized spacial score (nSPS) is 21.7. The number of aliphatic hydroxyl groups excluding tert-OH is 1. The first-order valence-electron chi connectivity index (χ1n) is 11.3. The Hall–Kier alpha value is -2.77. The summed E-state index contributed by atoms with van der Waals surface area (Å²) in [5.41, 5.74) is 0.0211. The van der Waals surface area contributed by atoms with Gasteiger partial charge in [0.25, 0.3) is 6.43 Å². The molecule has 2 fully saturated rings. The topological polar surface area (TPSA) is 146 Å². The predicted octanol–water partition coefficient (Wildman–Crippen LogP) is 2.10. The van der Waals surface area contributed by atoms with Gasteiger partial charge in [0, 0.05) is 12.7 Å². The lowest BCUT2D eigenvalue weighted by Gasteiger charge is -2.40. The van der Waals surface area contributed by atoms with E-state index in [0.29, 0.717) is 60.8 Å². The van der Waals surface area contributed by atoms with Crippen LogP contribution in [0.5, 0.6) is 0 Å². The van der Waals surface area contributed by atoms with Crippen molar-refractivity contribution in [3.05, 3.63) is 23.5 Å². The maximum absolute atomic E-state index is 13.4. The van der Waals surface area contributed by atoms with Gasteiger partial charge in [-0.1, -0.05) is 18.3 Å². The van der Waals surface area contributed by atoms with E-state index < -0.39 is 33.1 Å². The highest BCUT2D eigenvalue weighted by Crippen LogP contribution is 2.38. The van der Waals surface area contributed by atoms with E-state index in [1.807, 2.05) is 17.9 Å². The van der Waals surface area contributed by atoms with Crippen LogP contribution in [-0.4, -0.2) is 70.5 Å². The molecule has 0 radical (unpaired) electrons. The van der Waals surface area contributed by atoms with Gasteiger partial charge in [0.1, 0.15) is 16.1 Å². The molecular formula is C21H23F2N7O4S2. The van der Waals surface area contributed by atoms with Crippen molar-refractivity contribution >= 4 is 32.7 Å². The summed E-state index contributed by atoms with van der Waals surface area (Å²) in [5.74, 6) is 0. The molecule has 1 saturated carbocycles. The Labute approximate surface area is 209 Å². The Balaban J connectivity index is 1.68. The summed E-state index contributed by atoms with van der Waals surface area (Å²) in [6.45, 7) is 2.37. The lowest BCUT2D eigenvalue weighted by Crippen LogP contribution is -2.51. The molecule has 1 aliphatic carbocycles. The lowest BCUT2D eigenvalue weighted by atomic mass is 10.1. The Morgan fingerprint density at radius 2 is 2.19 bits per heavy atom. The number of rotatable bonds is 8. The molecule has 36 heavy (non-hydrogen) atoms. The number of aliphatic hydroxyl groups is 1. The van der Waals surface area contributed by atoms with Gasteiger partial charge in [-0.15, -0.1) is 10.2 Å². The number of fused-ring (bicyclic) bond motifs is 1. The molecule has 1 aliphatic heterocycles. The standard InChI is InChI=1S/C21H23F2N7O4S2/c1-2-12-10-34-13(9-31)7-29(12)15-5-14(36(32,33)28-21(11-24)3-4-21)8-30-16(6-25-18(15)30)19-26-27-20(35-19)17(22)23/h5-6,8,12-13,17,28,31H,2-4,7,9-10H2,1H3/t12-,13+/m1/s1. The van der Waals surface area contributed by atoms with Gasteiger partial charge in [-0.05, 0) is 25.3 Å². The van der Waals surface area contributed by atoms with Crippen LogP contribution in [0.25, 0.3) is 16.3 Å². The predicted molar refractivity (Wildman–Crippen MR) is 125 cm³/mol. The number of aromatic nitrogens is 4. The number of hydrogen-bond donors (Lipinski definition) is 2. The third kappa shape index (κ3) is 4.43.